The average molecular weight is 226 g/mol. The second-order valence-corrected chi connectivity index (χ2v) is 5.69. The number of nitrogens with zero attached hydrogens (tertiary/aromatic N) is 1. The highest BCUT2D eigenvalue weighted by atomic mass is 15.1. The third kappa shape index (κ3) is 3.74. The van der Waals surface area contributed by atoms with E-state index < -0.39 is 0 Å². The summed E-state index contributed by atoms with van der Waals surface area (Å²) >= 11 is 0. The molecule has 0 aromatic carbocycles. The van der Waals surface area contributed by atoms with E-state index in [1.807, 2.05) is 0 Å². The first kappa shape index (κ1) is 14.0. The molecule has 0 amide bonds. The van der Waals surface area contributed by atoms with Crippen molar-refractivity contribution in [2.45, 2.75) is 59.5 Å². The molecule has 0 aliphatic carbocycles. The fraction of sp³-hybridized carbons (Fsp3) is 1.00. The van der Waals surface area contributed by atoms with Crippen LogP contribution in [-0.4, -0.2) is 36.6 Å². The molecule has 0 saturated carbocycles. The normalized spacial score (nSPS) is 29.6. The minimum atomic E-state index is 0.695. The van der Waals surface area contributed by atoms with Gasteiger partial charge in [0, 0.05) is 18.6 Å². The van der Waals surface area contributed by atoms with Gasteiger partial charge in [0.1, 0.15) is 0 Å². The van der Waals surface area contributed by atoms with E-state index in [0.29, 0.717) is 6.04 Å². The van der Waals surface area contributed by atoms with Crippen molar-refractivity contribution in [1.29, 1.82) is 0 Å². The number of likely N-dealkylation sites (tertiary alicyclic amines) is 1. The first-order valence-corrected chi connectivity index (χ1v) is 7.06. The van der Waals surface area contributed by atoms with Crippen LogP contribution in [0.2, 0.25) is 0 Å². The van der Waals surface area contributed by atoms with Gasteiger partial charge in [0.05, 0.1) is 0 Å². The van der Waals surface area contributed by atoms with Gasteiger partial charge in [0.25, 0.3) is 0 Å². The van der Waals surface area contributed by atoms with Crippen molar-refractivity contribution in [1.82, 2.24) is 10.2 Å². The lowest BCUT2D eigenvalue weighted by Gasteiger charge is -2.39. The minimum absolute atomic E-state index is 0.695. The largest absolute Gasteiger partial charge is 0.311 e. The van der Waals surface area contributed by atoms with Crippen LogP contribution in [0.4, 0.5) is 0 Å². The van der Waals surface area contributed by atoms with Gasteiger partial charge < -0.3 is 10.2 Å². The van der Waals surface area contributed by atoms with Crippen molar-refractivity contribution < 1.29 is 0 Å². The Balaban J connectivity index is 2.43. The number of piperidine rings is 1. The van der Waals surface area contributed by atoms with E-state index >= 15 is 0 Å². The lowest BCUT2D eigenvalue weighted by molar-refractivity contribution is 0.139. The van der Waals surface area contributed by atoms with Gasteiger partial charge in [0.15, 0.2) is 0 Å². The zero-order chi connectivity index (χ0) is 12.1. The van der Waals surface area contributed by atoms with Gasteiger partial charge in [0.2, 0.25) is 0 Å². The molecular weight excluding hydrogens is 196 g/mol. The maximum absolute atomic E-state index is 3.87. The minimum Gasteiger partial charge on any atom is -0.311 e. The zero-order valence-electron chi connectivity index (χ0n) is 11.8. The van der Waals surface area contributed by atoms with Crippen molar-refractivity contribution in [3.8, 4) is 0 Å². The molecule has 1 rings (SSSR count). The summed E-state index contributed by atoms with van der Waals surface area (Å²) in [5.74, 6) is 1.54. The molecule has 1 aliphatic heterocycles. The van der Waals surface area contributed by atoms with Crippen LogP contribution in [0.5, 0.6) is 0 Å². The molecule has 2 heteroatoms. The van der Waals surface area contributed by atoms with Crippen LogP contribution in [0.1, 0.15) is 47.5 Å². The molecule has 1 aliphatic rings. The van der Waals surface area contributed by atoms with Gasteiger partial charge in [-0.3, -0.25) is 0 Å². The van der Waals surface area contributed by atoms with Crippen molar-refractivity contribution in [2.75, 3.05) is 19.6 Å². The van der Waals surface area contributed by atoms with E-state index in [9.17, 15) is 0 Å². The van der Waals surface area contributed by atoms with Crippen molar-refractivity contribution in [2.24, 2.45) is 11.8 Å². The molecular formula is C14H30N2. The Kier molecular flexibility index (Phi) is 5.77. The average Bonchev–Trinajstić information content (AvgIpc) is 2.26. The molecule has 0 spiro atoms. The first-order chi connectivity index (χ1) is 7.58. The van der Waals surface area contributed by atoms with Gasteiger partial charge in [-0.1, -0.05) is 34.6 Å². The highest BCUT2D eigenvalue weighted by Gasteiger charge is 2.27. The third-order valence-corrected chi connectivity index (χ3v) is 4.11. The van der Waals surface area contributed by atoms with Gasteiger partial charge in [-0.15, -0.1) is 0 Å². The molecule has 2 nitrogen and oxygen atoms in total. The highest BCUT2D eigenvalue weighted by Crippen LogP contribution is 2.19. The van der Waals surface area contributed by atoms with E-state index in [-0.39, 0.29) is 0 Å². The van der Waals surface area contributed by atoms with Crippen LogP contribution in [0.3, 0.4) is 0 Å². The number of nitrogens with one attached hydrogen (secondary N) is 1. The molecule has 1 heterocycles. The van der Waals surface area contributed by atoms with E-state index in [4.69, 9.17) is 0 Å². The summed E-state index contributed by atoms with van der Waals surface area (Å²) in [6, 6.07) is 1.43. The Labute approximate surface area is 102 Å². The molecule has 96 valence electrons. The van der Waals surface area contributed by atoms with Gasteiger partial charge in [-0.2, -0.15) is 0 Å². The summed E-state index contributed by atoms with van der Waals surface area (Å²) in [6.45, 7) is 15.4. The fourth-order valence-electron chi connectivity index (χ4n) is 2.82. The number of rotatable bonds is 5. The summed E-state index contributed by atoms with van der Waals surface area (Å²) in [6.07, 6.45) is 2.57. The Morgan fingerprint density at radius 3 is 2.44 bits per heavy atom. The molecule has 0 aromatic rings. The van der Waals surface area contributed by atoms with E-state index in [1.165, 1.54) is 32.5 Å². The molecule has 1 N–H and O–H groups in total. The maximum Gasteiger partial charge on any atom is 0.0120 e. The van der Waals surface area contributed by atoms with E-state index in [2.05, 4.69) is 44.8 Å². The standard InChI is InChI=1S/C14H30N2/c1-6-13(11(3)4)15-14-8-9-16(7-2)10-12(14)5/h11-15H,6-10H2,1-5H3. The third-order valence-electron chi connectivity index (χ3n) is 4.11. The zero-order valence-corrected chi connectivity index (χ0v) is 11.8. The molecule has 1 fully saturated rings. The Morgan fingerprint density at radius 2 is 2.00 bits per heavy atom. The van der Waals surface area contributed by atoms with Crippen LogP contribution in [-0.2, 0) is 0 Å². The first-order valence-electron chi connectivity index (χ1n) is 7.06. The van der Waals surface area contributed by atoms with Crippen LogP contribution in [0.15, 0.2) is 0 Å². The fourth-order valence-corrected chi connectivity index (χ4v) is 2.82. The molecule has 0 aromatic heterocycles. The summed E-state index contributed by atoms with van der Waals surface area (Å²) in [4.78, 5) is 2.57. The predicted molar refractivity (Wildman–Crippen MR) is 71.7 cm³/mol. The van der Waals surface area contributed by atoms with Gasteiger partial charge >= 0.3 is 0 Å². The summed E-state index contributed by atoms with van der Waals surface area (Å²) in [7, 11) is 0. The maximum atomic E-state index is 3.87. The monoisotopic (exact) mass is 226 g/mol. The van der Waals surface area contributed by atoms with Crippen LogP contribution in [0.25, 0.3) is 0 Å². The van der Waals surface area contributed by atoms with Crippen molar-refractivity contribution >= 4 is 0 Å². The van der Waals surface area contributed by atoms with Crippen molar-refractivity contribution in [3.63, 3.8) is 0 Å². The van der Waals surface area contributed by atoms with Crippen LogP contribution >= 0.6 is 0 Å². The topological polar surface area (TPSA) is 15.3 Å². The molecule has 16 heavy (non-hydrogen) atoms. The summed E-state index contributed by atoms with van der Waals surface area (Å²) in [5, 5.41) is 3.87. The summed E-state index contributed by atoms with van der Waals surface area (Å²) < 4.78 is 0. The number of hydrogen-bond acceptors (Lipinski definition) is 2. The second kappa shape index (κ2) is 6.61. The van der Waals surface area contributed by atoms with Gasteiger partial charge in [-0.25, -0.2) is 0 Å². The quantitative estimate of drug-likeness (QED) is 0.775. The molecule has 1 saturated heterocycles. The van der Waals surface area contributed by atoms with E-state index in [1.54, 1.807) is 0 Å². The smallest absolute Gasteiger partial charge is 0.0120 e. The van der Waals surface area contributed by atoms with Crippen LogP contribution < -0.4 is 5.32 Å². The van der Waals surface area contributed by atoms with Gasteiger partial charge in [-0.05, 0) is 37.8 Å². The highest BCUT2D eigenvalue weighted by molar-refractivity contribution is 4.85. The predicted octanol–water partition coefficient (Wildman–Crippen LogP) is 2.74. The Morgan fingerprint density at radius 1 is 1.31 bits per heavy atom. The number of hydrogen-bond donors (Lipinski definition) is 1. The van der Waals surface area contributed by atoms with Crippen LogP contribution in [0, 0.1) is 11.8 Å². The summed E-state index contributed by atoms with van der Waals surface area (Å²) in [5.41, 5.74) is 0. The van der Waals surface area contributed by atoms with E-state index in [0.717, 1.165) is 17.9 Å². The second-order valence-electron chi connectivity index (χ2n) is 5.69. The SMILES string of the molecule is CCC(NC1CCN(CC)CC1C)C(C)C. The van der Waals surface area contributed by atoms with Crippen molar-refractivity contribution in [3.05, 3.63) is 0 Å². The molecule has 3 unspecified atom stereocenters. The molecule has 0 bridgehead atoms. The molecule has 0 radical (unpaired) electrons. The Bertz CT molecular complexity index is 191. The lowest BCUT2D eigenvalue weighted by atomic mass is 9.91. The molecule has 3 atom stereocenters. The Hall–Kier alpha value is -0.0800. The lowest BCUT2D eigenvalue weighted by Crippen LogP contribution is -2.52.